The van der Waals surface area contributed by atoms with E-state index in [1.54, 1.807) is 0 Å². The minimum absolute atomic E-state index is 0.539. The number of hydrogen-bond acceptors (Lipinski definition) is 5. The van der Waals surface area contributed by atoms with Crippen molar-refractivity contribution in [3.05, 3.63) is 200 Å². The van der Waals surface area contributed by atoms with Crippen LogP contribution in [0.4, 0.5) is 0 Å². The summed E-state index contributed by atoms with van der Waals surface area (Å²) in [4.78, 5) is 15.3. The molecule has 0 fully saturated rings. The Morgan fingerprint density at radius 3 is 1.83 bits per heavy atom. The van der Waals surface area contributed by atoms with E-state index in [2.05, 4.69) is 133 Å². The predicted molar refractivity (Wildman–Crippen MR) is 237 cm³/mol. The van der Waals surface area contributed by atoms with Crippen LogP contribution in [0, 0.1) is 23.5 Å². The van der Waals surface area contributed by atoms with Gasteiger partial charge in [-0.3, -0.25) is 0 Å². The minimum Gasteiger partial charge on any atom is -0.456 e. The van der Waals surface area contributed by atoms with Crippen LogP contribution < -0.4 is 0 Å². The van der Waals surface area contributed by atoms with E-state index in [4.69, 9.17) is 19.4 Å². The predicted octanol–water partition coefficient (Wildman–Crippen LogP) is 13.6. The molecule has 5 heteroatoms. The molecule has 5 nitrogen and oxygen atoms in total. The maximum atomic E-state index is 9.35. The standard InChI is InChI=1S/C54H30N4O/c55-33-34-16-18-37(19-17-34)40-11-6-12-42(30-40)52-56-53(43-26-28-46-41(31-43)25-24-38-10-4-5-13-45(38)46)58-54(57-52)44-27-29-48-50(32-44)59-49-15-7-14-47(51(48)49)39-22-20-36(21-23-39)35-8-2-1-3-9-35/h1-3,5-9,11-32H. The molecule has 0 spiro atoms. The van der Waals surface area contributed by atoms with Crippen molar-refractivity contribution in [3.8, 4) is 73.6 Å². The maximum Gasteiger partial charge on any atom is 0.164 e. The number of aromatic nitrogens is 3. The minimum atomic E-state index is 0.539. The van der Waals surface area contributed by atoms with Gasteiger partial charge < -0.3 is 4.42 Å². The summed E-state index contributed by atoms with van der Waals surface area (Å²) in [5.74, 6) is 1.65. The van der Waals surface area contributed by atoms with Gasteiger partial charge in [0.15, 0.2) is 17.5 Å². The molecule has 272 valence electrons. The Kier molecular flexibility index (Phi) is 8.03. The van der Waals surface area contributed by atoms with Crippen LogP contribution in [0.1, 0.15) is 5.56 Å². The normalized spacial score (nSPS) is 11.2. The summed E-state index contributed by atoms with van der Waals surface area (Å²) in [6.45, 7) is 0. The maximum absolute atomic E-state index is 9.35. The molecule has 11 rings (SSSR count). The number of nitriles is 1. The highest BCUT2D eigenvalue weighted by Gasteiger charge is 2.18. The van der Waals surface area contributed by atoms with E-state index in [1.165, 1.54) is 11.1 Å². The van der Waals surface area contributed by atoms with E-state index < -0.39 is 0 Å². The van der Waals surface area contributed by atoms with Crippen LogP contribution in [0.25, 0.3) is 111 Å². The average molecular weight is 751 g/mol. The van der Waals surface area contributed by atoms with Gasteiger partial charge in [0.25, 0.3) is 0 Å². The zero-order valence-corrected chi connectivity index (χ0v) is 31.5. The van der Waals surface area contributed by atoms with E-state index in [9.17, 15) is 5.26 Å². The van der Waals surface area contributed by atoms with E-state index in [1.807, 2.05) is 66.7 Å². The van der Waals surface area contributed by atoms with Crippen LogP contribution in [0.15, 0.2) is 186 Å². The van der Waals surface area contributed by atoms with Crippen LogP contribution in [-0.2, 0) is 0 Å². The highest BCUT2D eigenvalue weighted by molar-refractivity contribution is 6.13. The van der Waals surface area contributed by atoms with Gasteiger partial charge in [-0.15, -0.1) is 0 Å². The lowest BCUT2D eigenvalue weighted by atomic mass is 9.96. The molecule has 0 bridgehead atoms. The summed E-state index contributed by atoms with van der Waals surface area (Å²) >= 11 is 0. The van der Waals surface area contributed by atoms with E-state index in [0.29, 0.717) is 23.0 Å². The fraction of sp³-hybridized carbons (Fsp3) is 0. The van der Waals surface area contributed by atoms with Crippen molar-refractivity contribution in [2.75, 3.05) is 0 Å². The zero-order chi connectivity index (χ0) is 39.3. The van der Waals surface area contributed by atoms with Crippen LogP contribution in [0.5, 0.6) is 0 Å². The van der Waals surface area contributed by atoms with Gasteiger partial charge in [-0.25, -0.2) is 15.0 Å². The Labute approximate surface area is 340 Å². The summed E-state index contributed by atoms with van der Waals surface area (Å²) in [6, 6.07) is 70.3. The molecule has 2 heterocycles. The van der Waals surface area contributed by atoms with E-state index in [0.717, 1.165) is 82.4 Å². The lowest BCUT2D eigenvalue weighted by Crippen LogP contribution is -2.00. The molecule has 59 heavy (non-hydrogen) atoms. The first-order valence-corrected chi connectivity index (χ1v) is 19.4. The highest BCUT2D eigenvalue weighted by Crippen LogP contribution is 2.39. The molecule has 0 atom stereocenters. The van der Waals surface area contributed by atoms with E-state index >= 15 is 0 Å². The first kappa shape index (κ1) is 33.9. The fourth-order valence-corrected chi connectivity index (χ4v) is 8.04. The number of nitrogens with zero attached hydrogens (tertiary/aromatic N) is 4. The van der Waals surface area contributed by atoms with Crippen molar-refractivity contribution in [1.82, 2.24) is 15.0 Å². The topological polar surface area (TPSA) is 75.6 Å². The van der Waals surface area contributed by atoms with Crippen LogP contribution in [0.3, 0.4) is 0 Å². The number of hydrogen-bond donors (Lipinski definition) is 0. The van der Waals surface area contributed by atoms with Crippen molar-refractivity contribution in [2.24, 2.45) is 0 Å². The van der Waals surface area contributed by atoms with Crippen molar-refractivity contribution >= 4 is 43.5 Å². The van der Waals surface area contributed by atoms with Gasteiger partial charge in [0.1, 0.15) is 11.2 Å². The van der Waals surface area contributed by atoms with Gasteiger partial charge in [0.05, 0.1) is 11.6 Å². The van der Waals surface area contributed by atoms with Gasteiger partial charge in [0, 0.05) is 32.8 Å². The van der Waals surface area contributed by atoms with Crippen molar-refractivity contribution in [3.63, 3.8) is 0 Å². The van der Waals surface area contributed by atoms with Gasteiger partial charge in [-0.2, -0.15) is 5.26 Å². The molecule has 0 aliphatic carbocycles. The molecule has 0 unspecified atom stereocenters. The third-order valence-corrected chi connectivity index (χ3v) is 11.0. The molecule has 0 aliphatic rings. The quantitative estimate of drug-likeness (QED) is 0.169. The van der Waals surface area contributed by atoms with E-state index in [-0.39, 0.29) is 0 Å². The smallest absolute Gasteiger partial charge is 0.164 e. The summed E-state index contributed by atoms with van der Waals surface area (Å²) in [5, 5.41) is 15.8. The molecule has 9 aromatic carbocycles. The Balaban J connectivity index is 1.04. The molecule has 11 aromatic rings. The zero-order valence-electron chi connectivity index (χ0n) is 31.5. The van der Waals surface area contributed by atoms with Crippen molar-refractivity contribution in [1.29, 1.82) is 5.26 Å². The number of rotatable bonds is 6. The molecular weight excluding hydrogens is 721 g/mol. The first-order valence-electron chi connectivity index (χ1n) is 19.4. The third-order valence-electron chi connectivity index (χ3n) is 11.0. The van der Waals surface area contributed by atoms with Crippen molar-refractivity contribution < 1.29 is 4.42 Å². The fourth-order valence-electron chi connectivity index (χ4n) is 8.04. The second-order valence-electron chi connectivity index (χ2n) is 14.6. The second kappa shape index (κ2) is 14.0. The monoisotopic (exact) mass is 750 g/mol. The molecule has 0 saturated carbocycles. The van der Waals surface area contributed by atoms with Crippen molar-refractivity contribution in [2.45, 2.75) is 0 Å². The average Bonchev–Trinajstić information content (AvgIpc) is 3.70. The molecule has 0 amide bonds. The van der Waals surface area contributed by atoms with Gasteiger partial charge in [-0.05, 0) is 110 Å². The molecule has 0 saturated heterocycles. The third kappa shape index (κ3) is 6.12. The first-order chi connectivity index (χ1) is 29.1. The highest BCUT2D eigenvalue weighted by atomic mass is 16.3. The molecule has 2 aromatic heterocycles. The molecule has 0 radical (unpaired) electrons. The summed E-state index contributed by atoms with van der Waals surface area (Å²) < 4.78 is 6.57. The Morgan fingerprint density at radius 2 is 1.05 bits per heavy atom. The van der Waals surface area contributed by atoms with Crippen LogP contribution in [0.2, 0.25) is 0 Å². The Morgan fingerprint density at radius 1 is 0.441 bits per heavy atom. The molecule has 0 aliphatic heterocycles. The summed E-state index contributed by atoms with van der Waals surface area (Å²) in [7, 11) is 0. The molecule has 0 N–H and O–H groups in total. The van der Waals surface area contributed by atoms with Crippen LogP contribution in [-0.4, -0.2) is 15.0 Å². The summed E-state index contributed by atoms with van der Waals surface area (Å²) in [5.41, 5.74) is 11.3. The van der Waals surface area contributed by atoms with Gasteiger partial charge in [-0.1, -0.05) is 133 Å². The second-order valence-corrected chi connectivity index (χ2v) is 14.6. The number of benzene rings is 8. The Hall–Kier alpha value is -8.38. The lowest BCUT2D eigenvalue weighted by molar-refractivity contribution is 0.669. The molecular formula is C54H30N4O. The Bertz CT molecular complexity index is 3440. The number of furan rings is 1. The lowest BCUT2D eigenvalue weighted by Gasteiger charge is -2.11. The largest absolute Gasteiger partial charge is 0.456 e. The van der Waals surface area contributed by atoms with Crippen LogP contribution >= 0.6 is 0 Å². The summed E-state index contributed by atoms with van der Waals surface area (Å²) in [6.07, 6.45) is 0. The van der Waals surface area contributed by atoms with Gasteiger partial charge in [0.2, 0.25) is 0 Å². The number of fused-ring (bicyclic) bond motifs is 6. The van der Waals surface area contributed by atoms with Gasteiger partial charge >= 0.3 is 0 Å². The SMILES string of the molecule is N#Cc1ccc(-c2cccc(-c3nc(-c4ccc5c(ccc6c#cccc65)c4)nc(-c4ccc5c(c4)oc4cccc(-c6ccc(-c7ccccc7)cc6)c45)n3)c2)cc1.